The number of hydrogen-bond donors (Lipinski definition) is 1. The molecule has 0 radical (unpaired) electrons. The van der Waals surface area contributed by atoms with Gasteiger partial charge in [0.1, 0.15) is 25.8 Å². The van der Waals surface area contributed by atoms with Gasteiger partial charge in [0.15, 0.2) is 11.5 Å². The maximum atomic E-state index is 13.7. The van der Waals surface area contributed by atoms with E-state index in [4.69, 9.17) is 9.47 Å². The Morgan fingerprint density at radius 3 is 2.38 bits per heavy atom. The Morgan fingerprint density at radius 1 is 1.05 bits per heavy atom. The van der Waals surface area contributed by atoms with Crippen LogP contribution in [0.15, 0.2) is 46.9 Å². The monoisotopic (exact) mass is 595 g/mol. The Kier molecular flexibility index (Phi) is 10.2. The minimum absolute atomic E-state index is 0.148. The number of nitrogens with one attached hydrogen (secondary N) is 1. The Hall–Kier alpha value is -2.79. The second-order valence-electron chi connectivity index (χ2n) is 8.70. The fourth-order valence-electron chi connectivity index (χ4n) is 3.81. The molecule has 0 aliphatic carbocycles. The van der Waals surface area contributed by atoms with E-state index < -0.39 is 28.5 Å². The molecule has 1 N–H and O–H groups in total. The molecule has 0 saturated carbocycles. The van der Waals surface area contributed by atoms with Gasteiger partial charge in [0, 0.05) is 23.6 Å². The molecule has 9 nitrogen and oxygen atoms in total. The Labute approximate surface area is 227 Å². The fourth-order valence-corrected chi connectivity index (χ4v) is 5.13. The van der Waals surface area contributed by atoms with Crippen molar-refractivity contribution in [2.24, 2.45) is 0 Å². The third kappa shape index (κ3) is 7.61. The molecule has 2 amide bonds. The average molecular weight is 597 g/mol. The number of rotatable bonds is 12. The number of halogens is 1. The molecule has 2 aromatic carbocycles. The number of fused-ring (bicyclic) bond motifs is 1. The van der Waals surface area contributed by atoms with E-state index in [1.807, 2.05) is 31.2 Å². The van der Waals surface area contributed by atoms with Crippen LogP contribution >= 0.6 is 15.9 Å². The predicted octanol–water partition coefficient (Wildman–Crippen LogP) is 3.71. The van der Waals surface area contributed by atoms with Crippen LogP contribution in [0.25, 0.3) is 0 Å². The van der Waals surface area contributed by atoms with E-state index in [1.54, 1.807) is 25.1 Å². The van der Waals surface area contributed by atoms with Gasteiger partial charge in [-0.25, -0.2) is 8.42 Å². The quantitative estimate of drug-likeness (QED) is 0.375. The molecule has 2 aromatic rings. The van der Waals surface area contributed by atoms with Gasteiger partial charge in [-0.1, -0.05) is 41.4 Å². The first kappa shape index (κ1) is 28.8. The summed E-state index contributed by atoms with van der Waals surface area (Å²) in [5.41, 5.74) is 1.11. The van der Waals surface area contributed by atoms with E-state index >= 15 is 0 Å². The van der Waals surface area contributed by atoms with Crippen LogP contribution in [0.5, 0.6) is 11.5 Å². The van der Waals surface area contributed by atoms with Crippen molar-refractivity contribution in [1.82, 2.24) is 10.2 Å². The molecule has 11 heteroatoms. The van der Waals surface area contributed by atoms with Crippen molar-refractivity contribution >= 4 is 43.5 Å². The Bertz CT molecular complexity index is 1190. The molecular formula is C26H34BrN3O6S. The first-order valence-corrected chi connectivity index (χ1v) is 14.8. The van der Waals surface area contributed by atoms with Crippen LogP contribution in [0.2, 0.25) is 0 Å². The molecule has 0 fully saturated rings. The highest BCUT2D eigenvalue weighted by Crippen LogP contribution is 2.35. The lowest BCUT2D eigenvalue weighted by Gasteiger charge is -2.32. The van der Waals surface area contributed by atoms with Crippen molar-refractivity contribution in [3.63, 3.8) is 0 Å². The van der Waals surface area contributed by atoms with E-state index in [0.717, 1.165) is 27.2 Å². The van der Waals surface area contributed by atoms with Crippen LogP contribution in [0.4, 0.5) is 5.69 Å². The first-order chi connectivity index (χ1) is 17.7. The molecule has 0 aromatic heterocycles. The number of sulfonamides is 1. The fraction of sp³-hybridized carbons (Fsp3) is 0.462. The van der Waals surface area contributed by atoms with Crippen LogP contribution in [0.3, 0.4) is 0 Å². The maximum Gasteiger partial charge on any atom is 0.244 e. The van der Waals surface area contributed by atoms with Crippen LogP contribution in [0.1, 0.15) is 39.2 Å². The van der Waals surface area contributed by atoms with Crippen LogP contribution in [-0.4, -0.2) is 63.2 Å². The number of anilines is 1. The number of nitrogens with zero attached hydrogens (tertiary/aromatic N) is 2. The number of benzene rings is 2. The molecule has 0 unspecified atom stereocenters. The lowest BCUT2D eigenvalue weighted by molar-refractivity contribution is -0.139. The second-order valence-corrected chi connectivity index (χ2v) is 11.8. The lowest BCUT2D eigenvalue weighted by Crippen LogP contribution is -2.51. The molecule has 0 saturated heterocycles. The van der Waals surface area contributed by atoms with Crippen LogP contribution in [0, 0.1) is 0 Å². The summed E-state index contributed by atoms with van der Waals surface area (Å²) < 4.78 is 39.3. The average Bonchev–Trinajstić information content (AvgIpc) is 2.90. The number of unbranched alkanes of at least 4 members (excludes halogenated alkanes) is 1. The number of ether oxygens (including phenoxy) is 2. The van der Waals surface area contributed by atoms with Crippen molar-refractivity contribution in [2.45, 2.75) is 46.2 Å². The van der Waals surface area contributed by atoms with Gasteiger partial charge >= 0.3 is 0 Å². The summed E-state index contributed by atoms with van der Waals surface area (Å²) in [6, 6.07) is 11.4. The third-order valence-electron chi connectivity index (χ3n) is 6.06. The molecule has 1 aliphatic heterocycles. The summed E-state index contributed by atoms with van der Waals surface area (Å²) in [5, 5.41) is 2.87. The highest BCUT2D eigenvalue weighted by Gasteiger charge is 2.31. The maximum absolute atomic E-state index is 13.7. The molecule has 1 heterocycles. The largest absolute Gasteiger partial charge is 0.486 e. The summed E-state index contributed by atoms with van der Waals surface area (Å²) in [6.07, 6.45) is 1.75. The van der Waals surface area contributed by atoms with Crippen molar-refractivity contribution in [2.75, 3.05) is 36.4 Å². The number of amides is 2. The topological polar surface area (TPSA) is 105 Å². The molecule has 37 heavy (non-hydrogen) atoms. The van der Waals surface area contributed by atoms with Gasteiger partial charge in [-0.2, -0.15) is 0 Å². The third-order valence-corrected chi connectivity index (χ3v) is 8.33. The minimum atomic E-state index is -3.83. The summed E-state index contributed by atoms with van der Waals surface area (Å²) in [4.78, 5) is 28.0. The Balaban J connectivity index is 1.91. The second kappa shape index (κ2) is 13.1. The van der Waals surface area contributed by atoms with Gasteiger partial charge in [0.2, 0.25) is 21.8 Å². The van der Waals surface area contributed by atoms with E-state index in [-0.39, 0.29) is 18.2 Å². The van der Waals surface area contributed by atoms with E-state index in [0.29, 0.717) is 36.9 Å². The van der Waals surface area contributed by atoms with Crippen molar-refractivity contribution in [3.05, 3.63) is 52.5 Å². The van der Waals surface area contributed by atoms with Gasteiger partial charge < -0.3 is 19.7 Å². The normalized spacial score (nSPS) is 13.5. The zero-order valence-electron chi connectivity index (χ0n) is 21.4. The molecule has 0 spiro atoms. The van der Waals surface area contributed by atoms with Gasteiger partial charge in [-0.3, -0.25) is 13.9 Å². The smallest absolute Gasteiger partial charge is 0.244 e. The molecule has 0 bridgehead atoms. The first-order valence-electron chi connectivity index (χ1n) is 12.4. The van der Waals surface area contributed by atoms with Gasteiger partial charge in [0.05, 0.1) is 11.4 Å². The number of carbonyl (C=O) groups is 2. The molecule has 3 rings (SSSR count). The highest BCUT2D eigenvalue weighted by molar-refractivity contribution is 9.10. The zero-order chi connectivity index (χ0) is 27.0. The summed E-state index contributed by atoms with van der Waals surface area (Å²) in [6.45, 7) is 6.16. The van der Waals surface area contributed by atoms with Gasteiger partial charge in [-0.15, -0.1) is 0 Å². The van der Waals surface area contributed by atoms with Crippen LogP contribution < -0.4 is 19.1 Å². The lowest BCUT2D eigenvalue weighted by atomic mass is 10.1. The summed E-state index contributed by atoms with van der Waals surface area (Å²) in [5.74, 6) is -0.0440. The molecule has 202 valence electrons. The van der Waals surface area contributed by atoms with E-state index in [1.165, 1.54) is 11.8 Å². The SMILES string of the molecule is CCCCNC(=O)[C@@H](C)N(Cc1ccc(Br)cc1)C(=O)CN(c1ccc2c(c1)OCCO2)S(=O)(=O)CC. The van der Waals surface area contributed by atoms with Gasteiger partial charge in [0.25, 0.3) is 0 Å². The zero-order valence-corrected chi connectivity index (χ0v) is 23.8. The number of hydrogen-bond acceptors (Lipinski definition) is 6. The molecule has 1 aliphatic rings. The predicted molar refractivity (Wildman–Crippen MR) is 146 cm³/mol. The van der Waals surface area contributed by atoms with Crippen LogP contribution in [-0.2, 0) is 26.2 Å². The molecular weight excluding hydrogens is 562 g/mol. The van der Waals surface area contributed by atoms with Gasteiger partial charge in [-0.05, 0) is 50.1 Å². The summed E-state index contributed by atoms with van der Waals surface area (Å²) in [7, 11) is -3.83. The van der Waals surface area contributed by atoms with Crippen molar-refractivity contribution in [1.29, 1.82) is 0 Å². The summed E-state index contributed by atoms with van der Waals surface area (Å²) >= 11 is 3.41. The van der Waals surface area contributed by atoms with Crippen molar-refractivity contribution in [3.8, 4) is 11.5 Å². The standard InChI is InChI=1S/C26H34BrN3O6S/c1-4-6-13-28-26(32)19(3)29(17-20-7-9-21(27)10-8-20)25(31)18-30(37(33,34)5-2)22-11-12-23-24(16-22)36-15-14-35-23/h7-12,16,19H,4-6,13-15,17-18H2,1-3H3,(H,28,32)/t19-/m1/s1. The van der Waals surface area contributed by atoms with E-state index in [9.17, 15) is 18.0 Å². The minimum Gasteiger partial charge on any atom is -0.486 e. The van der Waals surface area contributed by atoms with Crippen molar-refractivity contribution < 1.29 is 27.5 Å². The Morgan fingerprint density at radius 2 is 1.73 bits per heavy atom. The highest BCUT2D eigenvalue weighted by atomic mass is 79.9. The van der Waals surface area contributed by atoms with E-state index in [2.05, 4.69) is 21.2 Å². The number of carbonyl (C=O) groups excluding carboxylic acids is 2. The molecule has 1 atom stereocenters.